The lowest BCUT2D eigenvalue weighted by molar-refractivity contribution is -0.136. The number of carbonyl (C=O) groups excluding carboxylic acids is 1. The standard InChI is InChI=1S/C31H45N3O4S/c1-3-4-19-34(31(35)22-25-9-6-5-7-10-25)28-17-20-33(21-18-28)24-26-13-15-29(16-14-26)38-30-12-8-11-27(23-30)32-39(2,36)37/h8,11-16,23,25,28,32H,3-7,9-10,17-22,24H2,1-2H3. The Hall–Kier alpha value is -2.58. The number of piperidine rings is 1. The molecule has 1 saturated heterocycles. The van der Waals surface area contributed by atoms with Crippen LogP contribution >= 0.6 is 0 Å². The minimum absolute atomic E-state index is 0.368. The van der Waals surface area contributed by atoms with Crippen molar-refractivity contribution in [3.63, 3.8) is 0 Å². The van der Waals surface area contributed by atoms with Crippen molar-refractivity contribution in [2.24, 2.45) is 5.92 Å². The summed E-state index contributed by atoms with van der Waals surface area (Å²) in [6.45, 7) is 5.99. The number of anilines is 1. The van der Waals surface area contributed by atoms with Gasteiger partial charge in [-0.25, -0.2) is 8.42 Å². The molecule has 2 aliphatic rings. The SMILES string of the molecule is CCCCN(C(=O)CC1CCCCC1)C1CCN(Cc2ccc(Oc3cccc(NS(C)(=O)=O)c3)cc2)CC1. The van der Waals surface area contributed by atoms with Crippen LogP contribution in [0.15, 0.2) is 48.5 Å². The van der Waals surface area contributed by atoms with Gasteiger partial charge in [0.25, 0.3) is 0 Å². The lowest BCUT2D eigenvalue weighted by Crippen LogP contribution is -2.48. The second-order valence-electron chi connectivity index (χ2n) is 11.3. The first-order valence-corrected chi connectivity index (χ1v) is 16.5. The lowest BCUT2D eigenvalue weighted by atomic mass is 9.86. The highest BCUT2D eigenvalue weighted by atomic mass is 32.2. The van der Waals surface area contributed by atoms with Crippen LogP contribution in [0.25, 0.3) is 0 Å². The number of benzene rings is 2. The Balaban J connectivity index is 1.27. The summed E-state index contributed by atoms with van der Waals surface area (Å²) < 4.78 is 31.4. The normalized spacial score (nSPS) is 17.6. The van der Waals surface area contributed by atoms with Gasteiger partial charge in [-0.2, -0.15) is 0 Å². The molecule has 39 heavy (non-hydrogen) atoms. The maximum atomic E-state index is 13.3. The number of nitrogens with zero attached hydrogens (tertiary/aromatic N) is 2. The second-order valence-corrected chi connectivity index (χ2v) is 13.1. The van der Waals surface area contributed by atoms with Gasteiger partial charge in [-0.05, 0) is 67.9 Å². The molecule has 2 aromatic carbocycles. The van der Waals surface area contributed by atoms with Gasteiger partial charge < -0.3 is 9.64 Å². The zero-order valence-electron chi connectivity index (χ0n) is 23.6. The van der Waals surface area contributed by atoms with Crippen LogP contribution < -0.4 is 9.46 Å². The summed E-state index contributed by atoms with van der Waals surface area (Å²) in [5.41, 5.74) is 1.70. The molecule has 0 spiro atoms. The van der Waals surface area contributed by atoms with Gasteiger partial charge in [0.1, 0.15) is 11.5 Å². The van der Waals surface area contributed by atoms with E-state index in [0.717, 1.165) is 64.5 Å². The van der Waals surface area contributed by atoms with Crippen molar-refractivity contribution in [3.8, 4) is 11.5 Å². The number of sulfonamides is 1. The first kappa shape index (κ1) is 29.4. The first-order valence-electron chi connectivity index (χ1n) is 14.7. The maximum absolute atomic E-state index is 13.3. The average molecular weight is 556 g/mol. The predicted octanol–water partition coefficient (Wildman–Crippen LogP) is 6.41. The molecule has 1 saturated carbocycles. The molecule has 0 unspecified atom stereocenters. The number of amides is 1. The molecule has 0 aromatic heterocycles. The number of hydrogen-bond acceptors (Lipinski definition) is 5. The minimum atomic E-state index is -3.34. The zero-order valence-corrected chi connectivity index (χ0v) is 24.4. The van der Waals surface area contributed by atoms with Crippen molar-refractivity contribution in [2.45, 2.75) is 83.7 Å². The quantitative estimate of drug-likeness (QED) is 0.327. The molecule has 2 fully saturated rings. The Labute approximate surface area is 235 Å². The number of carbonyl (C=O) groups is 1. The van der Waals surface area contributed by atoms with E-state index in [1.54, 1.807) is 24.3 Å². The van der Waals surface area contributed by atoms with Crippen LogP contribution in [0.3, 0.4) is 0 Å². The van der Waals surface area contributed by atoms with Crippen LogP contribution in [0.2, 0.25) is 0 Å². The van der Waals surface area contributed by atoms with Gasteiger partial charge >= 0.3 is 0 Å². The third kappa shape index (κ3) is 9.53. The molecule has 0 bridgehead atoms. The predicted molar refractivity (Wildman–Crippen MR) is 158 cm³/mol. The number of nitrogens with one attached hydrogen (secondary N) is 1. The third-order valence-electron chi connectivity index (χ3n) is 7.96. The summed E-state index contributed by atoms with van der Waals surface area (Å²) >= 11 is 0. The number of likely N-dealkylation sites (tertiary alicyclic amines) is 1. The molecule has 1 aliphatic heterocycles. The molecule has 214 valence electrons. The van der Waals surface area contributed by atoms with Crippen LogP contribution in [-0.2, 0) is 21.4 Å². The van der Waals surface area contributed by atoms with Crippen molar-refractivity contribution < 1.29 is 17.9 Å². The van der Waals surface area contributed by atoms with Crippen molar-refractivity contribution in [1.82, 2.24) is 9.80 Å². The van der Waals surface area contributed by atoms with E-state index in [2.05, 4.69) is 33.6 Å². The van der Waals surface area contributed by atoms with E-state index in [1.165, 1.54) is 37.7 Å². The van der Waals surface area contributed by atoms with Crippen molar-refractivity contribution >= 4 is 21.6 Å². The Morgan fingerprint density at radius 3 is 2.38 bits per heavy atom. The number of rotatable bonds is 12. The fraction of sp³-hybridized carbons (Fsp3) is 0.581. The maximum Gasteiger partial charge on any atom is 0.229 e. The van der Waals surface area contributed by atoms with Crippen molar-refractivity contribution in [2.75, 3.05) is 30.6 Å². The van der Waals surface area contributed by atoms with Crippen LogP contribution in [0.5, 0.6) is 11.5 Å². The number of hydrogen-bond donors (Lipinski definition) is 1. The highest BCUT2D eigenvalue weighted by Gasteiger charge is 2.29. The summed E-state index contributed by atoms with van der Waals surface area (Å²) in [6, 6.07) is 15.4. The molecule has 1 amide bonds. The van der Waals surface area contributed by atoms with Gasteiger partial charge in [-0.1, -0.05) is 50.8 Å². The van der Waals surface area contributed by atoms with Gasteiger partial charge in [0.15, 0.2) is 0 Å². The van der Waals surface area contributed by atoms with Crippen LogP contribution in [-0.4, -0.2) is 56.1 Å². The fourth-order valence-corrected chi connectivity index (χ4v) is 6.43. The van der Waals surface area contributed by atoms with E-state index in [9.17, 15) is 13.2 Å². The highest BCUT2D eigenvalue weighted by Crippen LogP contribution is 2.29. The molecule has 4 rings (SSSR count). The summed E-state index contributed by atoms with van der Waals surface area (Å²) in [7, 11) is -3.34. The smallest absolute Gasteiger partial charge is 0.229 e. The summed E-state index contributed by atoms with van der Waals surface area (Å²) in [5, 5.41) is 0. The zero-order chi connectivity index (χ0) is 27.7. The van der Waals surface area contributed by atoms with Crippen LogP contribution in [0.1, 0.15) is 76.7 Å². The Morgan fingerprint density at radius 1 is 1.00 bits per heavy atom. The van der Waals surface area contributed by atoms with Crippen molar-refractivity contribution in [1.29, 1.82) is 0 Å². The Kier molecular flexibility index (Phi) is 10.7. The molecule has 1 aliphatic carbocycles. The lowest BCUT2D eigenvalue weighted by Gasteiger charge is -2.39. The molecule has 0 radical (unpaired) electrons. The monoisotopic (exact) mass is 555 g/mol. The van der Waals surface area contributed by atoms with E-state index in [-0.39, 0.29) is 0 Å². The molecule has 7 nitrogen and oxygen atoms in total. The Bertz CT molecular complexity index is 1150. The molecule has 2 aromatic rings. The van der Waals surface area contributed by atoms with Crippen LogP contribution in [0, 0.1) is 5.92 Å². The molecule has 0 atom stereocenters. The topological polar surface area (TPSA) is 79.0 Å². The van der Waals surface area contributed by atoms with Crippen LogP contribution in [0.4, 0.5) is 5.69 Å². The Morgan fingerprint density at radius 2 is 1.72 bits per heavy atom. The number of ether oxygens (including phenoxy) is 1. The van der Waals surface area contributed by atoms with Gasteiger partial charge in [0.05, 0.1) is 11.9 Å². The summed E-state index contributed by atoms with van der Waals surface area (Å²) in [4.78, 5) is 18.0. The number of unbranched alkanes of at least 4 members (excludes halogenated alkanes) is 1. The van der Waals surface area contributed by atoms with Gasteiger partial charge in [0.2, 0.25) is 15.9 Å². The first-order chi connectivity index (χ1) is 18.8. The largest absolute Gasteiger partial charge is 0.457 e. The average Bonchev–Trinajstić information content (AvgIpc) is 2.91. The molecule has 8 heteroatoms. The second kappa shape index (κ2) is 14.2. The molecule has 1 heterocycles. The van der Waals surface area contributed by atoms with E-state index >= 15 is 0 Å². The minimum Gasteiger partial charge on any atom is -0.457 e. The van der Waals surface area contributed by atoms with E-state index in [0.29, 0.717) is 35.1 Å². The van der Waals surface area contributed by atoms with E-state index in [4.69, 9.17) is 4.74 Å². The van der Waals surface area contributed by atoms with Gasteiger partial charge in [-0.3, -0.25) is 14.4 Å². The summed E-state index contributed by atoms with van der Waals surface area (Å²) in [5.74, 6) is 2.26. The fourth-order valence-electron chi connectivity index (χ4n) is 5.88. The molecular formula is C31H45N3O4S. The highest BCUT2D eigenvalue weighted by molar-refractivity contribution is 7.92. The summed E-state index contributed by atoms with van der Waals surface area (Å²) in [6.07, 6.45) is 12.5. The van der Waals surface area contributed by atoms with E-state index < -0.39 is 10.0 Å². The van der Waals surface area contributed by atoms with Gasteiger partial charge in [-0.15, -0.1) is 0 Å². The molecular weight excluding hydrogens is 510 g/mol. The van der Waals surface area contributed by atoms with E-state index in [1.807, 2.05) is 12.1 Å². The molecule has 1 N–H and O–H groups in total. The third-order valence-corrected chi connectivity index (χ3v) is 8.57. The van der Waals surface area contributed by atoms with Crippen molar-refractivity contribution in [3.05, 3.63) is 54.1 Å². The van der Waals surface area contributed by atoms with Gasteiger partial charge in [0, 0.05) is 44.7 Å².